The number of nitro benzene ring substituents is 1. The third-order valence-electron chi connectivity index (χ3n) is 5.04. The first-order chi connectivity index (χ1) is 14.8. The van der Waals surface area contributed by atoms with Crippen LogP contribution < -0.4 is 10.1 Å². The molecular formula is C21H28N6O4. The van der Waals surface area contributed by atoms with Gasteiger partial charge in [-0.1, -0.05) is 20.3 Å². The molecule has 0 amide bonds. The molecule has 1 N–H and O–H groups in total. The Hall–Kier alpha value is -3.30. The Morgan fingerprint density at radius 1 is 1.26 bits per heavy atom. The number of hydrogen-bond acceptors (Lipinski definition) is 8. The van der Waals surface area contributed by atoms with Gasteiger partial charge < -0.3 is 10.1 Å². The molecule has 10 nitrogen and oxygen atoms in total. The van der Waals surface area contributed by atoms with Gasteiger partial charge in [0.1, 0.15) is 11.6 Å². The van der Waals surface area contributed by atoms with Crippen molar-refractivity contribution in [3.05, 3.63) is 28.1 Å². The van der Waals surface area contributed by atoms with Crippen LogP contribution in [0.2, 0.25) is 0 Å². The summed E-state index contributed by atoms with van der Waals surface area (Å²) in [6, 6.07) is 2.99. The zero-order chi connectivity index (χ0) is 22.5. The van der Waals surface area contributed by atoms with Crippen LogP contribution in [0.15, 0.2) is 12.1 Å². The topological polar surface area (TPSA) is 125 Å². The zero-order valence-corrected chi connectivity index (χ0v) is 18.3. The molecule has 10 heteroatoms. The molecule has 0 saturated heterocycles. The number of unbranched alkanes of at least 4 members (excludes halogenated alkanes) is 2. The quantitative estimate of drug-likeness (QED) is 0.275. The van der Waals surface area contributed by atoms with Gasteiger partial charge in [0.05, 0.1) is 23.1 Å². The maximum atomic E-state index is 11.8. The fourth-order valence-electron chi connectivity index (χ4n) is 3.60. The molecule has 2 aromatic heterocycles. The lowest BCUT2D eigenvalue weighted by Crippen LogP contribution is -2.08. The zero-order valence-electron chi connectivity index (χ0n) is 18.3. The molecule has 0 radical (unpaired) electrons. The van der Waals surface area contributed by atoms with Crippen molar-refractivity contribution in [2.75, 3.05) is 19.0 Å². The first-order valence-electron chi connectivity index (χ1n) is 10.4. The van der Waals surface area contributed by atoms with E-state index in [9.17, 15) is 14.9 Å². The fourth-order valence-corrected chi connectivity index (χ4v) is 3.60. The lowest BCUT2D eigenvalue weighted by molar-refractivity contribution is -0.385. The number of ketones is 1. The average Bonchev–Trinajstić information content (AvgIpc) is 3.11. The van der Waals surface area contributed by atoms with Gasteiger partial charge in [-0.25, -0.2) is 4.98 Å². The largest absolute Gasteiger partial charge is 0.490 e. The fraction of sp³-hybridized carbons (Fsp3) is 0.524. The molecule has 3 rings (SSSR count). The Balaban J connectivity index is 1.76. The minimum Gasteiger partial charge on any atom is -0.490 e. The number of Topliss-reactive ketones (excluding diaryl/α,β-unsaturated/α-hetero) is 1. The SMILES string of the molecule is COc1cc2nc(NCCCCCC(=O)CC(C)C)c3nnc(C)n3c2cc1[N+](=O)[O-]. The van der Waals surface area contributed by atoms with Crippen molar-refractivity contribution in [3.8, 4) is 5.75 Å². The number of nitro groups is 1. The van der Waals surface area contributed by atoms with E-state index in [0.717, 1.165) is 19.3 Å². The number of methoxy groups -OCH3 is 1. The van der Waals surface area contributed by atoms with Crippen molar-refractivity contribution in [1.29, 1.82) is 0 Å². The molecule has 2 heterocycles. The smallest absolute Gasteiger partial charge is 0.313 e. The van der Waals surface area contributed by atoms with Crippen molar-refractivity contribution in [2.45, 2.75) is 52.9 Å². The molecule has 3 aromatic rings. The van der Waals surface area contributed by atoms with E-state index in [0.29, 0.717) is 59.4 Å². The molecule has 0 spiro atoms. The number of nitrogens with zero attached hydrogens (tertiary/aromatic N) is 5. The van der Waals surface area contributed by atoms with Gasteiger partial charge in [0.25, 0.3) is 0 Å². The predicted octanol–water partition coefficient (Wildman–Crippen LogP) is 4.09. The van der Waals surface area contributed by atoms with Gasteiger partial charge in [-0.15, -0.1) is 10.2 Å². The summed E-state index contributed by atoms with van der Waals surface area (Å²) >= 11 is 0. The van der Waals surface area contributed by atoms with Crippen LogP contribution in [0.3, 0.4) is 0 Å². The lowest BCUT2D eigenvalue weighted by atomic mass is 10.0. The summed E-state index contributed by atoms with van der Waals surface area (Å²) in [7, 11) is 1.39. The first-order valence-corrected chi connectivity index (χ1v) is 10.4. The summed E-state index contributed by atoms with van der Waals surface area (Å²) in [5.74, 6) is 2.03. The maximum Gasteiger partial charge on any atom is 0.313 e. The second-order valence-corrected chi connectivity index (χ2v) is 8.01. The number of carbonyl (C=O) groups excluding carboxylic acids is 1. The Morgan fingerprint density at radius 3 is 2.71 bits per heavy atom. The predicted molar refractivity (Wildman–Crippen MR) is 118 cm³/mol. The number of anilines is 1. The van der Waals surface area contributed by atoms with Gasteiger partial charge >= 0.3 is 5.69 Å². The summed E-state index contributed by atoms with van der Waals surface area (Å²) < 4.78 is 6.93. The molecule has 0 unspecified atom stereocenters. The van der Waals surface area contributed by atoms with Crippen molar-refractivity contribution < 1.29 is 14.5 Å². The van der Waals surface area contributed by atoms with Crippen molar-refractivity contribution in [2.24, 2.45) is 5.92 Å². The van der Waals surface area contributed by atoms with Crippen LogP contribution >= 0.6 is 0 Å². The second-order valence-electron chi connectivity index (χ2n) is 8.01. The lowest BCUT2D eigenvalue weighted by Gasteiger charge is -2.11. The monoisotopic (exact) mass is 428 g/mol. The molecule has 1 aromatic carbocycles. The summed E-state index contributed by atoms with van der Waals surface area (Å²) in [6.07, 6.45) is 3.96. The molecule has 0 aliphatic heterocycles. The van der Waals surface area contributed by atoms with E-state index in [2.05, 4.69) is 34.3 Å². The highest BCUT2D eigenvalue weighted by atomic mass is 16.6. The van der Waals surface area contributed by atoms with Crippen LogP contribution in [0.5, 0.6) is 5.75 Å². The van der Waals surface area contributed by atoms with Crippen molar-refractivity contribution in [1.82, 2.24) is 19.6 Å². The number of ether oxygens (including phenoxy) is 1. The minimum absolute atomic E-state index is 0.140. The molecule has 31 heavy (non-hydrogen) atoms. The van der Waals surface area contributed by atoms with Crippen molar-refractivity contribution >= 4 is 34.0 Å². The van der Waals surface area contributed by atoms with Crippen LogP contribution in [-0.4, -0.2) is 43.9 Å². The number of benzene rings is 1. The van der Waals surface area contributed by atoms with E-state index in [-0.39, 0.29) is 11.4 Å². The second kappa shape index (κ2) is 9.67. The Labute approximate surface area is 180 Å². The van der Waals surface area contributed by atoms with Gasteiger partial charge in [0.15, 0.2) is 11.6 Å². The van der Waals surface area contributed by atoms with Crippen LogP contribution in [-0.2, 0) is 4.79 Å². The number of aryl methyl sites for hydroxylation is 1. The van der Waals surface area contributed by atoms with Crippen molar-refractivity contribution in [3.63, 3.8) is 0 Å². The summed E-state index contributed by atoms with van der Waals surface area (Å²) in [5, 5.41) is 23.0. The summed E-state index contributed by atoms with van der Waals surface area (Å²) in [5.41, 5.74) is 1.45. The third kappa shape index (κ3) is 5.07. The van der Waals surface area contributed by atoms with E-state index in [1.807, 2.05) is 0 Å². The minimum atomic E-state index is -0.484. The number of aromatic nitrogens is 4. The normalized spacial score (nSPS) is 11.4. The number of rotatable bonds is 11. The highest BCUT2D eigenvalue weighted by Crippen LogP contribution is 2.33. The van der Waals surface area contributed by atoms with E-state index in [1.165, 1.54) is 13.2 Å². The molecule has 0 fully saturated rings. The third-order valence-corrected chi connectivity index (χ3v) is 5.04. The van der Waals surface area contributed by atoms with Gasteiger partial charge in [-0.05, 0) is 25.7 Å². The van der Waals surface area contributed by atoms with E-state index < -0.39 is 4.92 Å². The van der Waals surface area contributed by atoms with E-state index >= 15 is 0 Å². The molecule has 0 aliphatic rings. The number of fused-ring (bicyclic) bond motifs is 3. The van der Waals surface area contributed by atoms with Gasteiger partial charge in [0.2, 0.25) is 5.65 Å². The summed E-state index contributed by atoms with van der Waals surface area (Å²) in [4.78, 5) is 27.3. The summed E-state index contributed by atoms with van der Waals surface area (Å²) in [6.45, 7) is 6.56. The molecule has 166 valence electrons. The van der Waals surface area contributed by atoms with Crippen LogP contribution in [0.4, 0.5) is 11.5 Å². The Morgan fingerprint density at radius 2 is 2.03 bits per heavy atom. The molecule has 0 bridgehead atoms. The van der Waals surface area contributed by atoms with Gasteiger partial charge in [-0.3, -0.25) is 19.3 Å². The molecule has 0 atom stereocenters. The van der Waals surface area contributed by atoms with Crippen LogP contribution in [0.1, 0.15) is 51.8 Å². The average molecular weight is 428 g/mol. The highest BCUT2D eigenvalue weighted by Gasteiger charge is 2.21. The molecular weight excluding hydrogens is 400 g/mol. The molecule has 0 saturated carbocycles. The highest BCUT2D eigenvalue weighted by molar-refractivity contribution is 5.86. The Kier molecular flexibility index (Phi) is 6.98. The number of nitrogens with one attached hydrogen (secondary N) is 1. The van der Waals surface area contributed by atoms with Gasteiger partial charge in [0, 0.05) is 31.5 Å². The van der Waals surface area contributed by atoms with E-state index in [4.69, 9.17) is 4.74 Å². The number of carbonyl (C=O) groups is 1. The first kappa shape index (κ1) is 22.4. The standard InChI is InChI=1S/C21H28N6O4/c1-13(2)10-15(28)8-6-5-7-9-22-20-21-25-24-14(3)26(21)17-12-18(27(29)30)19(31-4)11-16(17)23-20/h11-13H,5-10H2,1-4H3,(H,22,23). The Bertz CT molecular complexity index is 1110. The van der Waals surface area contributed by atoms with Crippen LogP contribution in [0, 0.1) is 23.0 Å². The number of hydrogen-bond donors (Lipinski definition) is 1. The molecule has 0 aliphatic carbocycles. The van der Waals surface area contributed by atoms with Gasteiger partial charge in [-0.2, -0.15) is 0 Å². The maximum absolute atomic E-state index is 11.8. The van der Waals surface area contributed by atoms with E-state index in [1.54, 1.807) is 17.4 Å². The van der Waals surface area contributed by atoms with Crippen LogP contribution in [0.25, 0.3) is 16.7 Å².